The molecule has 5 nitrogen and oxygen atoms in total. The van der Waals surface area contributed by atoms with Crippen LogP contribution in [0.5, 0.6) is 0 Å². The average molecular weight is 255 g/mol. The molecule has 0 aromatic heterocycles. The first kappa shape index (κ1) is 13.3. The molecule has 0 bridgehead atoms. The van der Waals surface area contributed by atoms with E-state index in [1.807, 2.05) is 7.05 Å². The Morgan fingerprint density at radius 3 is 2.73 bits per heavy atom. The maximum atomic E-state index is 10.6. The predicted octanol–water partition coefficient (Wildman–Crippen LogP) is 0.313. The molecule has 1 fully saturated rings. The van der Waals surface area contributed by atoms with Gasteiger partial charge >= 0.3 is 0 Å². The smallest absolute Gasteiger partial charge is 0.292 e. The minimum Gasteiger partial charge on any atom is -0.375 e. The van der Waals surface area contributed by atoms with Crippen molar-refractivity contribution < 1.29 is 18.1 Å². The van der Waals surface area contributed by atoms with Gasteiger partial charge in [0.05, 0.1) is 0 Å². The summed E-state index contributed by atoms with van der Waals surface area (Å²) in [5.41, 5.74) is -1.62. The first-order valence-electron chi connectivity index (χ1n) is 4.99. The van der Waals surface area contributed by atoms with Gasteiger partial charge in [-0.25, -0.2) is 0 Å². The summed E-state index contributed by atoms with van der Waals surface area (Å²) in [7, 11) is -1.91. The van der Waals surface area contributed by atoms with Gasteiger partial charge in [-0.05, 0) is 26.4 Å². The highest BCUT2D eigenvalue weighted by atomic mass is 32.2. The van der Waals surface area contributed by atoms with Crippen molar-refractivity contribution in [3.05, 3.63) is 0 Å². The Balaban J connectivity index is 2.36. The van der Waals surface area contributed by atoms with Gasteiger partial charge in [-0.2, -0.15) is 8.42 Å². The van der Waals surface area contributed by atoms with Crippen molar-refractivity contribution in [2.75, 3.05) is 19.8 Å². The Morgan fingerprint density at radius 1 is 1.53 bits per heavy atom. The lowest BCUT2D eigenvalue weighted by atomic mass is 10.1. The van der Waals surface area contributed by atoms with Gasteiger partial charge in [0.1, 0.15) is 0 Å². The van der Waals surface area contributed by atoms with Gasteiger partial charge in [-0.15, -0.1) is 8.58 Å². The van der Waals surface area contributed by atoms with Gasteiger partial charge in [0.2, 0.25) is 0 Å². The zero-order valence-electron chi connectivity index (χ0n) is 8.76. The van der Waals surface area contributed by atoms with Crippen LogP contribution in [-0.4, -0.2) is 54.0 Å². The summed E-state index contributed by atoms with van der Waals surface area (Å²) in [5, 5.41) is 9.15. The molecular formula is C8H18NO4PS. The molecule has 7 heteroatoms. The highest BCUT2D eigenvalue weighted by Gasteiger charge is 2.24. The van der Waals surface area contributed by atoms with E-state index in [9.17, 15) is 8.42 Å². The van der Waals surface area contributed by atoms with Crippen LogP contribution in [-0.2, 0) is 10.1 Å². The Morgan fingerprint density at radius 2 is 2.20 bits per heavy atom. The molecule has 0 spiro atoms. The fourth-order valence-electron chi connectivity index (χ4n) is 1.68. The molecule has 90 valence electrons. The molecule has 0 amide bonds. The number of nitrogens with zero attached hydrogens (tertiary/aromatic N) is 1. The van der Waals surface area contributed by atoms with E-state index in [1.165, 1.54) is 6.42 Å². The van der Waals surface area contributed by atoms with E-state index in [-0.39, 0.29) is 6.16 Å². The first-order valence-corrected chi connectivity index (χ1v) is 7.78. The number of aliphatic hydroxyl groups is 1. The van der Waals surface area contributed by atoms with E-state index < -0.39 is 15.6 Å². The van der Waals surface area contributed by atoms with Crippen LogP contribution in [0.25, 0.3) is 0 Å². The summed E-state index contributed by atoms with van der Waals surface area (Å²) in [4.78, 5) is 2.19. The van der Waals surface area contributed by atoms with Crippen molar-refractivity contribution >= 4 is 18.7 Å². The molecule has 1 aliphatic heterocycles. The number of hydrogen-bond acceptors (Lipinski definition) is 4. The quantitative estimate of drug-likeness (QED) is 0.558. The van der Waals surface area contributed by atoms with Gasteiger partial charge in [0.25, 0.3) is 10.1 Å². The van der Waals surface area contributed by atoms with E-state index in [1.54, 1.807) is 0 Å². The standard InChI is InChI=1S/C8H18NO4PS/c1-9-5-3-2-4-7(9)14-6-8(10)15(11,12)13/h7-8,10,14H,2-6H2,1H3,(H,11,12,13). The van der Waals surface area contributed by atoms with Crippen molar-refractivity contribution in [2.45, 2.75) is 30.5 Å². The number of aliphatic hydroxyl groups excluding tert-OH is 1. The van der Waals surface area contributed by atoms with Crippen LogP contribution in [0, 0.1) is 0 Å². The van der Waals surface area contributed by atoms with Gasteiger partial charge in [0, 0.05) is 11.9 Å². The van der Waals surface area contributed by atoms with Crippen LogP contribution in [0.15, 0.2) is 0 Å². The van der Waals surface area contributed by atoms with Crippen LogP contribution in [0.2, 0.25) is 0 Å². The normalized spacial score (nSPS) is 27.3. The second kappa shape index (κ2) is 5.55. The van der Waals surface area contributed by atoms with Crippen LogP contribution in [0.1, 0.15) is 19.3 Å². The minimum atomic E-state index is -4.28. The number of hydrogen-bond donors (Lipinski definition) is 2. The summed E-state index contributed by atoms with van der Waals surface area (Å²) in [6, 6.07) is 0. The summed E-state index contributed by atoms with van der Waals surface area (Å²) in [6.45, 7) is 1.03. The van der Waals surface area contributed by atoms with Gasteiger partial charge in [-0.3, -0.25) is 9.45 Å². The van der Waals surface area contributed by atoms with Crippen molar-refractivity contribution in [1.82, 2.24) is 4.90 Å². The first-order chi connectivity index (χ1) is 6.91. The molecule has 0 aromatic carbocycles. The maximum absolute atomic E-state index is 10.6. The van der Waals surface area contributed by atoms with Gasteiger partial charge < -0.3 is 5.11 Å². The van der Waals surface area contributed by atoms with E-state index in [4.69, 9.17) is 9.66 Å². The summed E-state index contributed by atoms with van der Waals surface area (Å²) < 4.78 is 29.8. The third-order valence-corrected chi connectivity index (χ3v) is 5.62. The predicted molar refractivity (Wildman–Crippen MR) is 61.0 cm³/mol. The van der Waals surface area contributed by atoms with Crippen molar-refractivity contribution in [1.29, 1.82) is 0 Å². The molecule has 1 rings (SSSR count). The van der Waals surface area contributed by atoms with Crippen LogP contribution < -0.4 is 0 Å². The molecule has 0 aromatic rings. The van der Waals surface area contributed by atoms with Crippen LogP contribution in [0.4, 0.5) is 0 Å². The molecule has 3 unspecified atom stereocenters. The van der Waals surface area contributed by atoms with Crippen LogP contribution >= 0.6 is 8.58 Å². The topological polar surface area (TPSA) is 77.8 Å². The lowest BCUT2D eigenvalue weighted by molar-refractivity contribution is 0.240. The number of rotatable bonds is 4. The summed E-state index contributed by atoms with van der Waals surface area (Å²) in [5.74, 6) is 0.357. The van der Waals surface area contributed by atoms with E-state index in [0.29, 0.717) is 14.4 Å². The highest BCUT2D eigenvalue weighted by Crippen LogP contribution is 2.30. The molecule has 3 atom stereocenters. The van der Waals surface area contributed by atoms with Crippen molar-refractivity contribution in [3.63, 3.8) is 0 Å². The van der Waals surface area contributed by atoms with Crippen molar-refractivity contribution in [3.8, 4) is 0 Å². The molecule has 15 heavy (non-hydrogen) atoms. The lowest BCUT2D eigenvalue weighted by Crippen LogP contribution is -2.34. The molecular weight excluding hydrogens is 237 g/mol. The van der Waals surface area contributed by atoms with E-state index in [2.05, 4.69) is 4.90 Å². The second-order valence-electron chi connectivity index (χ2n) is 3.87. The molecule has 0 radical (unpaired) electrons. The van der Waals surface area contributed by atoms with Gasteiger partial charge in [-0.1, -0.05) is 6.42 Å². The van der Waals surface area contributed by atoms with Crippen molar-refractivity contribution in [2.24, 2.45) is 0 Å². The molecule has 0 saturated carbocycles. The third kappa shape index (κ3) is 4.33. The molecule has 0 aliphatic carbocycles. The Labute approximate surface area is 92.4 Å². The minimum absolute atomic E-state index is 0.133. The van der Waals surface area contributed by atoms with Crippen LogP contribution in [0.3, 0.4) is 0 Å². The maximum Gasteiger partial charge on any atom is 0.292 e. The average Bonchev–Trinajstić information content (AvgIpc) is 2.14. The largest absolute Gasteiger partial charge is 0.375 e. The zero-order valence-corrected chi connectivity index (χ0v) is 10.6. The zero-order chi connectivity index (χ0) is 11.5. The lowest BCUT2D eigenvalue weighted by Gasteiger charge is -2.32. The molecule has 1 aliphatic rings. The van der Waals surface area contributed by atoms with E-state index in [0.717, 1.165) is 19.4 Å². The second-order valence-corrected chi connectivity index (χ2v) is 6.93. The Bertz CT molecular complexity index is 295. The fourth-order valence-corrected chi connectivity index (χ4v) is 4.13. The summed E-state index contributed by atoms with van der Waals surface area (Å²) in [6.07, 6.45) is 3.52. The summed E-state index contributed by atoms with van der Waals surface area (Å²) >= 11 is 0. The fraction of sp³-hybridized carbons (Fsp3) is 1.00. The van der Waals surface area contributed by atoms with Gasteiger partial charge in [0.15, 0.2) is 5.44 Å². The monoisotopic (exact) mass is 255 g/mol. The molecule has 2 N–H and O–H groups in total. The third-order valence-electron chi connectivity index (χ3n) is 2.64. The Hall–Kier alpha value is 0.260. The number of likely N-dealkylation sites (tertiary alicyclic amines) is 1. The molecule has 1 heterocycles. The number of piperidine rings is 1. The van der Waals surface area contributed by atoms with E-state index >= 15 is 0 Å². The highest BCUT2D eigenvalue weighted by molar-refractivity contribution is 7.86. The Kier molecular flexibility index (Phi) is 4.93. The molecule has 1 saturated heterocycles. The SMILES string of the molecule is CN1CCCCC1PCC(O)S(=O)(=O)O.